The molecule has 0 unspecified atom stereocenters. The minimum Gasteiger partial charge on any atom is -0.350 e. The zero-order chi connectivity index (χ0) is 24.0. The van der Waals surface area contributed by atoms with Crippen molar-refractivity contribution in [3.63, 3.8) is 0 Å². The molecule has 33 heavy (non-hydrogen) atoms. The molecule has 2 aromatic carbocycles. The van der Waals surface area contributed by atoms with Crippen molar-refractivity contribution in [1.29, 1.82) is 0 Å². The van der Waals surface area contributed by atoms with Crippen LogP contribution in [0.4, 0.5) is 0 Å². The van der Waals surface area contributed by atoms with Gasteiger partial charge in [-0.3, -0.25) is 9.59 Å². The summed E-state index contributed by atoms with van der Waals surface area (Å²) in [6.07, 6.45) is 2.82. The van der Waals surface area contributed by atoms with Crippen LogP contribution in [0.2, 0.25) is 5.02 Å². The van der Waals surface area contributed by atoms with E-state index in [-0.39, 0.29) is 23.3 Å². The predicted octanol–water partition coefficient (Wildman–Crippen LogP) is 3.59. The number of rotatable bonds is 8. The third-order valence-electron chi connectivity index (χ3n) is 5.70. The van der Waals surface area contributed by atoms with Crippen molar-refractivity contribution in [2.45, 2.75) is 50.6 Å². The van der Waals surface area contributed by atoms with Gasteiger partial charge in [0.2, 0.25) is 15.9 Å². The minimum absolute atomic E-state index is 0.145. The van der Waals surface area contributed by atoms with Crippen molar-refractivity contribution >= 4 is 33.4 Å². The van der Waals surface area contributed by atoms with Crippen molar-refractivity contribution < 1.29 is 18.0 Å². The first-order valence-corrected chi connectivity index (χ1v) is 12.9. The van der Waals surface area contributed by atoms with Gasteiger partial charge >= 0.3 is 0 Å². The summed E-state index contributed by atoms with van der Waals surface area (Å²) < 4.78 is 27.1. The summed E-state index contributed by atoms with van der Waals surface area (Å²) in [7, 11) is -3.49. The summed E-state index contributed by atoms with van der Waals surface area (Å²) in [4.78, 5) is 25.6. The molecule has 1 aliphatic rings. The Labute approximate surface area is 200 Å². The SMILES string of the molecule is CC(C)[C@H](NC(=O)c1ccccc1Cl)C(=O)NCc1ccc(S(=O)(=O)N2CCCCC2)cc1. The van der Waals surface area contributed by atoms with E-state index in [1.807, 2.05) is 13.8 Å². The highest BCUT2D eigenvalue weighted by Crippen LogP contribution is 2.21. The van der Waals surface area contributed by atoms with Gasteiger partial charge in [-0.15, -0.1) is 0 Å². The molecule has 0 saturated carbocycles. The van der Waals surface area contributed by atoms with Crippen LogP contribution >= 0.6 is 11.6 Å². The third-order valence-corrected chi connectivity index (χ3v) is 7.94. The lowest BCUT2D eigenvalue weighted by molar-refractivity contribution is -0.124. The molecule has 1 atom stereocenters. The molecule has 7 nitrogen and oxygen atoms in total. The maximum atomic E-state index is 12.8. The van der Waals surface area contributed by atoms with Crippen molar-refractivity contribution in [2.24, 2.45) is 5.92 Å². The molecule has 0 spiro atoms. The van der Waals surface area contributed by atoms with E-state index in [0.29, 0.717) is 23.7 Å². The smallest absolute Gasteiger partial charge is 0.253 e. The largest absolute Gasteiger partial charge is 0.350 e. The number of sulfonamides is 1. The Morgan fingerprint density at radius 3 is 2.24 bits per heavy atom. The maximum Gasteiger partial charge on any atom is 0.253 e. The Balaban J connectivity index is 1.61. The highest BCUT2D eigenvalue weighted by molar-refractivity contribution is 7.89. The van der Waals surface area contributed by atoms with E-state index in [9.17, 15) is 18.0 Å². The number of benzene rings is 2. The lowest BCUT2D eigenvalue weighted by Crippen LogP contribution is -2.49. The molecule has 1 heterocycles. The van der Waals surface area contributed by atoms with Crippen LogP contribution < -0.4 is 10.6 Å². The van der Waals surface area contributed by atoms with Crippen molar-refractivity contribution in [3.05, 3.63) is 64.7 Å². The highest BCUT2D eigenvalue weighted by atomic mass is 35.5. The van der Waals surface area contributed by atoms with E-state index >= 15 is 0 Å². The summed E-state index contributed by atoms with van der Waals surface area (Å²) in [5.74, 6) is -0.884. The fourth-order valence-corrected chi connectivity index (χ4v) is 5.47. The molecule has 0 aliphatic carbocycles. The Hall–Kier alpha value is -2.42. The summed E-state index contributed by atoms with van der Waals surface area (Å²) in [5, 5.41) is 5.90. The second kappa shape index (κ2) is 11.1. The van der Waals surface area contributed by atoms with Crippen LogP contribution in [0, 0.1) is 5.92 Å². The lowest BCUT2D eigenvalue weighted by Gasteiger charge is -2.26. The molecule has 1 fully saturated rings. The van der Waals surface area contributed by atoms with Gasteiger partial charge in [0.05, 0.1) is 15.5 Å². The zero-order valence-corrected chi connectivity index (χ0v) is 20.5. The monoisotopic (exact) mass is 491 g/mol. The number of carbonyl (C=O) groups is 2. The van der Waals surface area contributed by atoms with Crippen LogP contribution in [0.3, 0.4) is 0 Å². The Kier molecular flexibility index (Phi) is 8.51. The van der Waals surface area contributed by atoms with Crippen LogP contribution in [-0.2, 0) is 21.4 Å². The van der Waals surface area contributed by atoms with Crippen molar-refractivity contribution in [3.8, 4) is 0 Å². The van der Waals surface area contributed by atoms with Crippen LogP contribution in [0.25, 0.3) is 0 Å². The molecule has 0 aromatic heterocycles. The fourth-order valence-electron chi connectivity index (χ4n) is 3.73. The first kappa shape index (κ1) is 25.2. The lowest BCUT2D eigenvalue weighted by atomic mass is 10.0. The first-order chi connectivity index (χ1) is 15.7. The molecule has 2 amide bonds. The van der Waals surface area contributed by atoms with Gasteiger partial charge < -0.3 is 10.6 Å². The summed E-state index contributed by atoms with van der Waals surface area (Å²) in [6, 6.07) is 12.5. The highest BCUT2D eigenvalue weighted by Gasteiger charge is 2.27. The van der Waals surface area contributed by atoms with Gasteiger partial charge in [-0.05, 0) is 48.6 Å². The van der Waals surface area contributed by atoms with E-state index in [0.717, 1.165) is 24.8 Å². The van der Waals surface area contributed by atoms with Gasteiger partial charge in [-0.1, -0.05) is 56.1 Å². The molecule has 0 radical (unpaired) electrons. The van der Waals surface area contributed by atoms with E-state index < -0.39 is 22.0 Å². The van der Waals surface area contributed by atoms with E-state index in [2.05, 4.69) is 10.6 Å². The summed E-state index contributed by atoms with van der Waals surface area (Å²) in [6.45, 7) is 5.01. The number of amides is 2. The van der Waals surface area contributed by atoms with Gasteiger partial charge in [0.25, 0.3) is 5.91 Å². The number of halogens is 1. The van der Waals surface area contributed by atoms with E-state index in [1.165, 1.54) is 4.31 Å². The number of nitrogens with one attached hydrogen (secondary N) is 2. The Bertz CT molecular complexity index is 1080. The average molecular weight is 492 g/mol. The van der Waals surface area contributed by atoms with Crippen LogP contribution in [-0.4, -0.2) is 43.7 Å². The first-order valence-electron chi connectivity index (χ1n) is 11.1. The van der Waals surface area contributed by atoms with Crippen LogP contribution in [0.1, 0.15) is 49.0 Å². The molecular formula is C24H30ClN3O4S. The molecule has 0 bridgehead atoms. The molecule has 1 aliphatic heterocycles. The Morgan fingerprint density at radius 1 is 1.00 bits per heavy atom. The van der Waals surface area contributed by atoms with E-state index in [1.54, 1.807) is 48.5 Å². The standard InChI is InChI=1S/C24H30ClN3O4S/c1-17(2)22(27-23(29)20-8-4-5-9-21(20)25)24(30)26-16-18-10-12-19(13-11-18)33(31,32)28-14-6-3-7-15-28/h4-5,8-13,17,22H,3,6-7,14-16H2,1-2H3,(H,26,30)(H,27,29)/t22-/m0/s1. The number of hydrogen-bond acceptors (Lipinski definition) is 4. The summed E-state index contributed by atoms with van der Waals surface area (Å²) in [5.41, 5.74) is 1.07. The number of piperidine rings is 1. The number of nitrogens with zero attached hydrogens (tertiary/aromatic N) is 1. The predicted molar refractivity (Wildman–Crippen MR) is 128 cm³/mol. The molecule has 9 heteroatoms. The van der Waals surface area contributed by atoms with Crippen molar-refractivity contribution in [1.82, 2.24) is 14.9 Å². The van der Waals surface area contributed by atoms with Gasteiger partial charge in [-0.2, -0.15) is 4.31 Å². The maximum absolute atomic E-state index is 12.8. The topological polar surface area (TPSA) is 95.6 Å². The van der Waals surface area contributed by atoms with Crippen LogP contribution in [0.5, 0.6) is 0 Å². The number of carbonyl (C=O) groups excluding carboxylic acids is 2. The van der Waals surface area contributed by atoms with Gasteiger partial charge in [0, 0.05) is 19.6 Å². The molecule has 2 aromatic rings. The minimum atomic E-state index is -3.49. The molecule has 178 valence electrons. The Morgan fingerprint density at radius 2 is 1.64 bits per heavy atom. The fraction of sp³-hybridized carbons (Fsp3) is 0.417. The van der Waals surface area contributed by atoms with Gasteiger partial charge in [0.1, 0.15) is 6.04 Å². The average Bonchev–Trinajstić information content (AvgIpc) is 2.81. The zero-order valence-electron chi connectivity index (χ0n) is 18.9. The molecule has 3 rings (SSSR count). The van der Waals surface area contributed by atoms with Gasteiger partial charge in [-0.25, -0.2) is 8.42 Å². The van der Waals surface area contributed by atoms with Crippen LogP contribution in [0.15, 0.2) is 53.4 Å². The molecule has 2 N–H and O–H groups in total. The van der Waals surface area contributed by atoms with Gasteiger partial charge in [0.15, 0.2) is 0 Å². The second-order valence-electron chi connectivity index (χ2n) is 8.50. The second-order valence-corrected chi connectivity index (χ2v) is 10.8. The number of hydrogen-bond donors (Lipinski definition) is 2. The molecule has 1 saturated heterocycles. The summed E-state index contributed by atoms with van der Waals surface area (Å²) >= 11 is 6.09. The van der Waals surface area contributed by atoms with Crippen molar-refractivity contribution in [2.75, 3.05) is 13.1 Å². The van der Waals surface area contributed by atoms with E-state index in [4.69, 9.17) is 11.6 Å². The third kappa shape index (κ3) is 6.34. The molecular weight excluding hydrogens is 462 g/mol. The quantitative estimate of drug-likeness (QED) is 0.590. The normalized spacial score (nSPS) is 15.8.